The number of hydrogen-bond acceptors (Lipinski definition) is 6. The van der Waals surface area contributed by atoms with Crippen LogP contribution in [0.1, 0.15) is 66.5 Å². The van der Waals surface area contributed by atoms with E-state index >= 15 is 0 Å². The van der Waals surface area contributed by atoms with Crippen LogP contribution in [0.3, 0.4) is 0 Å². The predicted molar refractivity (Wildman–Crippen MR) is 141 cm³/mol. The molecule has 0 radical (unpaired) electrons. The maximum absolute atomic E-state index is 13.5. The number of nitrogens with one attached hydrogen (secondary N) is 3. The molecule has 2 heterocycles. The molecule has 1 aromatic rings. The molecule has 1 aromatic heterocycles. The highest BCUT2D eigenvalue weighted by Crippen LogP contribution is 2.19. The lowest BCUT2D eigenvalue weighted by Gasteiger charge is -2.33. The second kappa shape index (κ2) is 14.2. The van der Waals surface area contributed by atoms with E-state index in [0.29, 0.717) is 38.1 Å². The Kier molecular flexibility index (Phi) is 11.6. The standard InChI is InChI=1S/C27H45N5O4/c1-8-18(4)24-27(35)32(7)20(6)25(33)31-22(15-17(2)3)26(34)29-14-9-11-21-23(12-10-13-28-21)36-19(5)16-30-24/h10,12-13,17-20,22,24,30H,8-9,11,14-16H2,1-7H3,(H,29,34)(H,31,33)/t18?,19-,20-,22-,24+/m1/s1. The van der Waals surface area contributed by atoms with Gasteiger partial charge in [0.1, 0.15) is 23.9 Å². The average Bonchev–Trinajstić information content (AvgIpc) is 2.84. The fourth-order valence-electron chi connectivity index (χ4n) is 4.21. The van der Waals surface area contributed by atoms with Crippen molar-refractivity contribution in [1.82, 2.24) is 25.8 Å². The van der Waals surface area contributed by atoms with Crippen molar-refractivity contribution < 1.29 is 19.1 Å². The van der Waals surface area contributed by atoms with E-state index in [1.54, 1.807) is 20.2 Å². The number of carbonyl (C=O) groups excluding carboxylic acids is 3. The van der Waals surface area contributed by atoms with Gasteiger partial charge >= 0.3 is 0 Å². The molecule has 0 bridgehead atoms. The molecule has 0 saturated heterocycles. The van der Waals surface area contributed by atoms with E-state index in [9.17, 15) is 14.4 Å². The SMILES string of the molecule is CCC(C)[C@@H]1NC[C@@H](C)Oc2cccnc2CCCNC(=O)[C@@H](CC(C)C)NC(=O)[C@@H](C)N(C)C1=O. The Labute approximate surface area is 216 Å². The fraction of sp³-hybridized carbons (Fsp3) is 0.704. The summed E-state index contributed by atoms with van der Waals surface area (Å²) in [6.45, 7) is 12.7. The Morgan fingerprint density at radius 2 is 1.89 bits per heavy atom. The molecule has 3 N–H and O–H groups in total. The summed E-state index contributed by atoms with van der Waals surface area (Å²) >= 11 is 0. The molecule has 1 unspecified atom stereocenters. The van der Waals surface area contributed by atoms with Gasteiger partial charge in [0, 0.05) is 26.3 Å². The van der Waals surface area contributed by atoms with Gasteiger partial charge in [0.05, 0.1) is 11.7 Å². The molecule has 0 saturated carbocycles. The van der Waals surface area contributed by atoms with Gasteiger partial charge in [0.25, 0.3) is 0 Å². The van der Waals surface area contributed by atoms with Gasteiger partial charge in [-0.05, 0) is 57.1 Å². The minimum atomic E-state index is -0.723. The number of fused-ring (bicyclic) bond motifs is 1. The number of amides is 3. The number of likely N-dealkylation sites (N-methyl/N-ethyl adjacent to an activating group) is 1. The Hall–Kier alpha value is -2.68. The first kappa shape index (κ1) is 29.5. The normalized spacial score (nSPS) is 26.2. The van der Waals surface area contributed by atoms with Crippen LogP contribution in [-0.2, 0) is 20.8 Å². The summed E-state index contributed by atoms with van der Waals surface area (Å²) in [6, 6.07) is 1.88. The predicted octanol–water partition coefficient (Wildman–Crippen LogP) is 2.29. The van der Waals surface area contributed by atoms with Crippen molar-refractivity contribution >= 4 is 17.7 Å². The van der Waals surface area contributed by atoms with E-state index in [1.807, 2.05) is 46.8 Å². The molecule has 0 fully saturated rings. The maximum atomic E-state index is 13.5. The van der Waals surface area contributed by atoms with Crippen LogP contribution in [0.15, 0.2) is 18.3 Å². The second-order valence-corrected chi connectivity index (χ2v) is 10.4. The fourth-order valence-corrected chi connectivity index (χ4v) is 4.21. The smallest absolute Gasteiger partial charge is 0.243 e. The zero-order valence-corrected chi connectivity index (χ0v) is 23.0. The highest BCUT2D eigenvalue weighted by atomic mass is 16.5. The Morgan fingerprint density at radius 1 is 1.17 bits per heavy atom. The van der Waals surface area contributed by atoms with Crippen LogP contribution in [-0.4, -0.2) is 72.0 Å². The van der Waals surface area contributed by atoms with Gasteiger partial charge in [-0.2, -0.15) is 0 Å². The van der Waals surface area contributed by atoms with E-state index < -0.39 is 18.1 Å². The molecule has 3 amide bonds. The van der Waals surface area contributed by atoms with Crippen LogP contribution in [0.2, 0.25) is 0 Å². The molecule has 9 heteroatoms. The van der Waals surface area contributed by atoms with E-state index in [-0.39, 0.29) is 35.7 Å². The largest absolute Gasteiger partial charge is 0.487 e. The van der Waals surface area contributed by atoms with Gasteiger partial charge in [-0.15, -0.1) is 0 Å². The zero-order valence-electron chi connectivity index (χ0n) is 23.0. The minimum absolute atomic E-state index is 0.0569. The Balaban J connectivity index is 2.33. The highest BCUT2D eigenvalue weighted by Gasteiger charge is 2.33. The van der Waals surface area contributed by atoms with Crippen LogP contribution < -0.4 is 20.7 Å². The molecular formula is C27H45N5O4. The quantitative estimate of drug-likeness (QED) is 0.581. The number of rotatable bonds is 4. The molecule has 202 valence electrons. The van der Waals surface area contributed by atoms with Crippen LogP contribution >= 0.6 is 0 Å². The van der Waals surface area contributed by atoms with Crippen LogP contribution in [0.4, 0.5) is 0 Å². The van der Waals surface area contributed by atoms with Crippen molar-refractivity contribution in [2.24, 2.45) is 11.8 Å². The molecule has 0 aromatic carbocycles. The van der Waals surface area contributed by atoms with Crippen molar-refractivity contribution in [2.45, 2.75) is 91.5 Å². The van der Waals surface area contributed by atoms with Gasteiger partial charge in [-0.25, -0.2) is 0 Å². The summed E-state index contributed by atoms with van der Waals surface area (Å²) in [5, 5.41) is 9.22. The molecule has 2 rings (SSSR count). The van der Waals surface area contributed by atoms with Crippen molar-refractivity contribution in [3.05, 3.63) is 24.0 Å². The van der Waals surface area contributed by atoms with E-state index in [0.717, 1.165) is 12.1 Å². The summed E-state index contributed by atoms with van der Waals surface area (Å²) in [4.78, 5) is 45.5. The summed E-state index contributed by atoms with van der Waals surface area (Å²) in [5.41, 5.74) is 0.829. The summed E-state index contributed by atoms with van der Waals surface area (Å²) in [6.07, 6.45) is 4.18. The van der Waals surface area contributed by atoms with Crippen molar-refractivity contribution in [2.75, 3.05) is 20.1 Å². The second-order valence-electron chi connectivity index (χ2n) is 10.4. The van der Waals surface area contributed by atoms with E-state index in [1.165, 1.54) is 4.90 Å². The Bertz CT molecular complexity index is 877. The van der Waals surface area contributed by atoms with Crippen molar-refractivity contribution in [3.63, 3.8) is 0 Å². The third kappa shape index (κ3) is 8.47. The topological polar surface area (TPSA) is 113 Å². The lowest BCUT2D eigenvalue weighted by atomic mass is 9.97. The van der Waals surface area contributed by atoms with Crippen molar-refractivity contribution in [3.8, 4) is 5.75 Å². The molecule has 5 atom stereocenters. The number of ether oxygens (including phenoxy) is 1. The summed E-state index contributed by atoms with van der Waals surface area (Å²) in [5.74, 6) is 0.257. The lowest BCUT2D eigenvalue weighted by molar-refractivity contribution is -0.141. The number of carbonyl (C=O) groups is 3. The number of pyridine rings is 1. The molecule has 0 spiro atoms. The Morgan fingerprint density at radius 3 is 2.56 bits per heavy atom. The molecule has 1 aliphatic rings. The molecule has 0 aliphatic carbocycles. The average molecular weight is 504 g/mol. The summed E-state index contributed by atoms with van der Waals surface area (Å²) < 4.78 is 6.18. The monoisotopic (exact) mass is 503 g/mol. The third-order valence-corrected chi connectivity index (χ3v) is 6.82. The van der Waals surface area contributed by atoms with E-state index in [4.69, 9.17) is 4.74 Å². The van der Waals surface area contributed by atoms with Gasteiger partial charge in [0.15, 0.2) is 0 Å². The molecular weight excluding hydrogens is 458 g/mol. The maximum Gasteiger partial charge on any atom is 0.243 e. The number of nitrogens with zero attached hydrogens (tertiary/aromatic N) is 2. The van der Waals surface area contributed by atoms with Crippen LogP contribution in [0, 0.1) is 11.8 Å². The number of aromatic nitrogens is 1. The first-order chi connectivity index (χ1) is 17.0. The van der Waals surface area contributed by atoms with E-state index in [2.05, 4.69) is 20.9 Å². The van der Waals surface area contributed by atoms with Crippen molar-refractivity contribution in [1.29, 1.82) is 0 Å². The molecule has 9 nitrogen and oxygen atoms in total. The number of aryl methyl sites for hydroxylation is 1. The first-order valence-electron chi connectivity index (χ1n) is 13.2. The first-order valence-corrected chi connectivity index (χ1v) is 13.2. The zero-order chi connectivity index (χ0) is 26.8. The van der Waals surface area contributed by atoms with Crippen LogP contribution in [0.25, 0.3) is 0 Å². The number of hydrogen-bond donors (Lipinski definition) is 3. The third-order valence-electron chi connectivity index (χ3n) is 6.82. The van der Waals surface area contributed by atoms with Gasteiger partial charge < -0.3 is 25.6 Å². The molecule has 36 heavy (non-hydrogen) atoms. The molecule has 1 aliphatic heterocycles. The van der Waals surface area contributed by atoms with Crippen LogP contribution in [0.5, 0.6) is 5.75 Å². The minimum Gasteiger partial charge on any atom is -0.487 e. The highest BCUT2D eigenvalue weighted by molar-refractivity contribution is 5.92. The van der Waals surface area contributed by atoms with Gasteiger partial charge in [-0.3, -0.25) is 19.4 Å². The lowest BCUT2D eigenvalue weighted by Crippen LogP contribution is -2.57. The van der Waals surface area contributed by atoms with Gasteiger partial charge in [-0.1, -0.05) is 34.1 Å². The summed E-state index contributed by atoms with van der Waals surface area (Å²) in [7, 11) is 1.64. The van der Waals surface area contributed by atoms with Gasteiger partial charge in [0.2, 0.25) is 17.7 Å².